The lowest BCUT2D eigenvalue weighted by molar-refractivity contribution is -0.449. The average molecular weight is 104 g/mol. The number of aromatic amines is 2. The van der Waals surface area contributed by atoms with Gasteiger partial charge in [-0.2, -0.15) is 5.10 Å². The highest BCUT2D eigenvalue weighted by Gasteiger charge is 1.84. The number of aromatic nitrogens is 2. The van der Waals surface area contributed by atoms with Crippen molar-refractivity contribution >= 4 is 11.6 Å². The molecule has 1 rings (SSSR count). The SMILES string of the molecule is Clc1c[nH][nH+]c1. The standard InChI is InChI=1S/C3H3ClN2/c4-3-1-5-6-2-3/h1-2H,(H,5,6)/p+1. The van der Waals surface area contributed by atoms with E-state index >= 15 is 0 Å². The van der Waals surface area contributed by atoms with E-state index in [2.05, 4.69) is 10.2 Å². The van der Waals surface area contributed by atoms with Crippen LogP contribution in [0.4, 0.5) is 0 Å². The molecule has 2 nitrogen and oxygen atoms in total. The van der Waals surface area contributed by atoms with Gasteiger partial charge in [-0.25, -0.2) is 0 Å². The summed E-state index contributed by atoms with van der Waals surface area (Å²) in [6.45, 7) is 0. The Labute approximate surface area is 40.1 Å². The molecular formula is C3H4ClN2+. The molecule has 1 aromatic heterocycles. The lowest BCUT2D eigenvalue weighted by Crippen LogP contribution is -1.95. The van der Waals surface area contributed by atoms with Gasteiger partial charge in [0, 0.05) is 0 Å². The molecule has 0 aromatic carbocycles. The summed E-state index contributed by atoms with van der Waals surface area (Å²) in [5.41, 5.74) is 0. The highest BCUT2D eigenvalue weighted by Crippen LogP contribution is 1.96. The number of hydrogen-bond donors (Lipinski definition) is 1. The zero-order chi connectivity index (χ0) is 4.41. The molecule has 0 unspecified atom stereocenters. The van der Waals surface area contributed by atoms with Crippen LogP contribution in [0.5, 0.6) is 0 Å². The molecule has 0 radical (unpaired) electrons. The van der Waals surface area contributed by atoms with Gasteiger partial charge in [-0.1, -0.05) is 11.6 Å². The van der Waals surface area contributed by atoms with Gasteiger partial charge >= 0.3 is 0 Å². The van der Waals surface area contributed by atoms with Crippen molar-refractivity contribution in [2.24, 2.45) is 0 Å². The number of hydrogen-bond acceptors (Lipinski definition) is 0. The first-order chi connectivity index (χ1) is 2.89. The molecular weight excluding hydrogens is 99.5 g/mol. The Kier molecular flexibility index (Phi) is 0.801. The van der Waals surface area contributed by atoms with Gasteiger partial charge in [-0.15, -0.1) is 5.10 Å². The van der Waals surface area contributed by atoms with Crippen LogP contribution in [-0.2, 0) is 0 Å². The van der Waals surface area contributed by atoms with Crippen LogP contribution in [0.1, 0.15) is 0 Å². The molecule has 0 aliphatic rings. The minimum Gasteiger partial charge on any atom is -0.174 e. The zero-order valence-electron chi connectivity index (χ0n) is 3.03. The Hall–Kier alpha value is -0.500. The molecule has 0 spiro atoms. The normalized spacial score (nSPS) is 8.83. The number of H-pyrrole nitrogens is 2. The van der Waals surface area contributed by atoms with Gasteiger partial charge in [0.25, 0.3) is 0 Å². The van der Waals surface area contributed by atoms with E-state index < -0.39 is 0 Å². The van der Waals surface area contributed by atoms with E-state index in [1.165, 1.54) is 0 Å². The lowest BCUT2D eigenvalue weighted by Gasteiger charge is -1.53. The zero-order valence-corrected chi connectivity index (χ0v) is 3.79. The van der Waals surface area contributed by atoms with E-state index in [0.717, 1.165) is 0 Å². The Balaban J connectivity index is 3.05. The third kappa shape index (κ3) is 0.518. The van der Waals surface area contributed by atoms with Crippen molar-refractivity contribution in [3.63, 3.8) is 0 Å². The minimum absolute atomic E-state index is 0.704. The molecule has 6 heavy (non-hydrogen) atoms. The van der Waals surface area contributed by atoms with E-state index in [-0.39, 0.29) is 0 Å². The highest BCUT2D eigenvalue weighted by atomic mass is 35.5. The van der Waals surface area contributed by atoms with Crippen LogP contribution < -0.4 is 5.10 Å². The van der Waals surface area contributed by atoms with Crippen molar-refractivity contribution in [1.82, 2.24) is 5.10 Å². The predicted molar refractivity (Wildman–Crippen MR) is 22.4 cm³/mol. The second kappa shape index (κ2) is 1.30. The van der Waals surface area contributed by atoms with E-state index in [4.69, 9.17) is 11.6 Å². The molecule has 0 fully saturated rings. The summed E-state index contributed by atoms with van der Waals surface area (Å²) in [6, 6.07) is 0. The maximum Gasteiger partial charge on any atom is 0.211 e. The van der Waals surface area contributed by atoms with Crippen LogP contribution in [0.15, 0.2) is 12.4 Å². The second-order valence-electron chi connectivity index (χ2n) is 0.962. The molecule has 0 saturated heterocycles. The minimum atomic E-state index is 0.704. The molecule has 0 aliphatic heterocycles. The summed E-state index contributed by atoms with van der Waals surface area (Å²) in [5, 5.41) is 6.05. The molecule has 0 aliphatic carbocycles. The molecule has 2 N–H and O–H groups in total. The summed E-state index contributed by atoms with van der Waals surface area (Å²) in [4.78, 5) is 0. The van der Waals surface area contributed by atoms with E-state index in [1.807, 2.05) is 0 Å². The van der Waals surface area contributed by atoms with Crippen molar-refractivity contribution in [2.45, 2.75) is 0 Å². The van der Waals surface area contributed by atoms with Crippen molar-refractivity contribution < 1.29 is 5.10 Å². The molecule has 3 heteroatoms. The molecule has 1 heterocycles. The van der Waals surface area contributed by atoms with Gasteiger partial charge in [0.15, 0.2) is 0 Å². The summed E-state index contributed by atoms with van der Waals surface area (Å²) in [5.74, 6) is 0. The van der Waals surface area contributed by atoms with Crippen LogP contribution in [0, 0.1) is 0 Å². The Bertz CT molecular complexity index is 112. The molecule has 0 amide bonds. The fourth-order valence-electron chi connectivity index (χ4n) is 0.263. The Morgan fingerprint density at radius 1 is 1.83 bits per heavy atom. The van der Waals surface area contributed by atoms with Crippen LogP contribution in [-0.4, -0.2) is 5.10 Å². The largest absolute Gasteiger partial charge is 0.211 e. The van der Waals surface area contributed by atoms with Crippen molar-refractivity contribution in [3.05, 3.63) is 17.4 Å². The fraction of sp³-hybridized carbons (Fsp3) is 0. The van der Waals surface area contributed by atoms with Gasteiger partial charge in [-0.05, 0) is 0 Å². The third-order valence-electron chi connectivity index (χ3n) is 0.503. The molecule has 0 atom stereocenters. The Morgan fingerprint density at radius 2 is 2.67 bits per heavy atom. The summed E-state index contributed by atoms with van der Waals surface area (Å²) in [7, 11) is 0. The number of halogens is 1. The van der Waals surface area contributed by atoms with Gasteiger partial charge in [0.05, 0.1) is 6.20 Å². The quantitative estimate of drug-likeness (QED) is 0.495. The molecule has 32 valence electrons. The van der Waals surface area contributed by atoms with E-state index in [1.54, 1.807) is 12.4 Å². The third-order valence-corrected chi connectivity index (χ3v) is 0.722. The second-order valence-corrected chi connectivity index (χ2v) is 1.40. The fourth-order valence-corrected chi connectivity index (χ4v) is 0.372. The summed E-state index contributed by atoms with van der Waals surface area (Å²) < 4.78 is 0. The maximum atomic E-state index is 5.39. The molecule has 1 aromatic rings. The predicted octanol–water partition coefficient (Wildman–Crippen LogP) is 0.482. The smallest absolute Gasteiger partial charge is 0.174 e. The van der Waals surface area contributed by atoms with Crippen molar-refractivity contribution in [2.75, 3.05) is 0 Å². The van der Waals surface area contributed by atoms with Gasteiger partial charge in [0.2, 0.25) is 6.20 Å². The van der Waals surface area contributed by atoms with Crippen molar-refractivity contribution in [3.8, 4) is 0 Å². The summed E-state index contributed by atoms with van der Waals surface area (Å²) >= 11 is 5.39. The monoisotopic (exact) mass is 103 g/mol. The van der Waals surface area contributed by atoms with Crippen LogP contribution in [0.25, 0.3) is 0 Å². The first-order valence-corrected chi connectivity index (χ1v) is 1.97. The number of nitrogens with one attached hydrogen (secondary N) is 2. The topological polar surface area (TPSA) is 29.9 Å². The highest BCUT2D eigenvalue weighted by molar-refractivity contribution is 6.30. The number of rotatable bonds is 0. The van der Waals surface area contributed by atoms with Crippen LogP contribution in [0.2, 0.25) is 5.02 Å². The van der Waals surface area contributed by atoms with E-state index in [9.17, 15) is 0 Å². The average Bonchev–Trinajstić information content (AvgIpc) is 1.86. The molecule has 0 bridgehead atoms. The van der Waals surface area contributed by atoms with Crippen molar-refractivity contribution in [1.29, 1.82) is 0 Å². The lowest BCUT2D eigenvalue weighted by atomic mass is 10.8. The van der Waals surface area contributed by atoms with Crippen LogP contribution >= 0.6 is 11.6 Å². The Morgan fingerprint density at radius 3 is 2.83 bits per heavy atom. The first-order valence-electron chi connectivity index (χ1n) is 1.59. The summed E-state index contributed by atoms with van der Waals surface area (Å²) in [6.07, 6.45) is 3.34. The van der Waals surface area contributed by atoms with E-state index in [0.29, 0.717) is 5.02 Å². The van der Waals surface area contributed by atoms with Gasteiger partial charge < -0.3 is 0 Å². The molecule has 0 saturated carbocycles. The van der Waals surface area contributed by atoms with Gasteiger partial charge in [0.1, 0.15) is 5.02 Å². The maximum absolute atomic E-state index is 5.39. The van der Waals surface area contributed by atoms with Crippen LogP contribution in [0.3, 0.4) is 0 Å². The van der Waals surface area contributed by atoms with Gasteiger partial charge in [-0.3, -0.25) is 0 Å². The first kappa shape index (κ1) is 3.68.